The van der Waals surface area contributed by atoms with Crippen LogP contribution >= 0.6 is 0 Å². The van der Waals surface area contributed by atoms with Crippen molar-refractivity contribution in [1.29, 1.82) is 0 Å². The average molecular weight is 265 g/mol. The fourth-order valence-corrected chi connectivity index (χ4v) is 2.15. The number of hydrogen-bond acceptors (Lipinski definition) is 6. The van der Waals surface area contributed by atoms with Crippen molar-refractivity contribution in [2.75, 3.05) is 30.3 Å². The molecule has 2 rings (SSSR count). The number of rotatable bonds is 3. The molecule has 0 bridgehead atoms. The highest BCUT2D eigenvalue weighted by Crippen LogP contribution is 2.27. The Bertz CT molecular complexity index is 488. The molecule has 104 valence electrons. The van der Waals surface area contributed by atoms with Crippen LogP contribution in [0.1, 0.15) is 30.6 Å². The molecule has 0 saturated carbocycles. The van der Waals surface area contributed by atoms with Gasteiger partial charge in [-0.25, -0.2) is 9.78 Å². The third-order valence-corrected chi connectivity index (χ3v) is 3.19. The van der Waals surface area contributed by atoms with Gasteiger partial charge < -0.3 is 20.5 Å². The largest absolute Gasteiger partial charge is 0.462 e. The van der Waals surface area contributed by atoms with Crippen molar-refractivity contribution in [3.8, 4) is 0 Å². The Hall–Kier alpha value is -1.82. The van der Waals surface area contributed by atoms with Crippen molar-refractivity contribution >= 4 is 17.5 Å². The van der Waals surface area contributed by atoms with Crippen LogP contribution in [0.25, 0.3) is 0 Å². The second-order valence-electron chi connectivity index (χ2n) is 5.02. The van der Waals surface area contributed by atoms with Gasteiger partial charge in [-0.1, -0.05) is 0 Å². The molecule has 2 heterocycles. The van der Waals surface area contributed by atoms with Gasteiger partial charge in [0.15, 0.2) is 0 Å². The van der Waals surface area contributed by atoms with Gasteiger partial charge in [-0.2, -0.15) is 0 Å². The number of pyridine rings is 1. The maximum absolute atomic E-state index is 11.8. The lowest BCUT2D eigenvalue weighted by molar-refractivity contribution is 0.0527. The molecule has 1 atom stereocenters. The zero-order valence-electron chi connectivity index (χ0n) is 11.2. The van der Waals surface area contributed by atoms with E-state index in [2.05, 4.69) is 4.98 Å². The SMILES string of the molecule is CCOC(=O)c1cc(N2CCC(C)(O)C2)ncc1N. The van der Waals surface area contributed by atoms with Crippen molar-refractivity contribution in [2.45, 2.75) is 25.9 Å². The van der Waals surface area contributed by atoms with Gasteiger partial charge in [-0.05, 0) is 26.3 Å². The van der Waals surface area contributed by atoms with Crippen molar-refractivity contribution in [3.63, 3.8) is 0 Å². The molecule has 0 spiro atoms. The van der Waals surface area contributed by atoms with Crippen molar-refractivity contribution in [3.05, 3.63) is 17.8 Å². The summed E-state index contributed by atoms with van der Waals surface area (Å²) >= 11 is 0. The second kappa shape index (κ2) is 5.05. The Morgan fingerprint density at radius 1 is 1.68 bits per heavy atom. The molecule has 19 heavy (non-hydrogen) atoms. The number of nitrogen functional groups attached to an aromatic ring is 1. The third-order valence-electron chi connectivity index (χ3n) is 3.19. The van der Waals surface area contributed by atoms with Crippen molar-refractivity contribution in [1.82, 2.24) is 4.98 Å². The second-order valence-corrected chi connectivity index (χ2v) is 5.02. The minimum absolute atomic E-state index is 0.299. The maximum atomic E-state index is 11.8. The van der Waals surface area contributed by atoms with Crippen LogP contribution in [0.3, 0.4) is 0 Å². The Morgan fingerprint density at radius 3 is 3.00 bits per heavy atom. The van der Waals surface area contributed by atoms with Crippen LogP contribution in [0.4, 0.5) is 11.5 Å². The van der Waals surface area contributed by atoms with Crippen LogP contribution in [-0.4, -0.2) is 41.4 Å². The monoisotopic (exact) mass is 265 g/mol. The molecule has 1 saturated heterocycles. The summed E-state index contributed by atoms with van der Waals surface area (Å²) < 4.78 is 4.95. The predicted molar refractivity (Wildman–Crippen MR) is 72.1 cm³/mol. The Kier molecular flexibility index (Phi) is 3.61. The summed E-state index contributed by atoms with van der Waals surface area (Å²) in [6.45, 7) is 5.02. The summed E-state index contributed by atoms with van der Waals surface area (Å²) in [5.74, 6) is 0.185. The van der Waals surface area contributed by atoms with Crippen LogP contribution in [0.2, 0.25) is 0 Å². The first-order valence-electron chi connectivity index (χ1n) is 6.33. The number of aliphatic hydroxyl groups is 1. The van der Waals surface area contributed by atoms with E-state index in [-0.39, 0.29) is 0 Å². The van der Waals surface area contributed by atoms with Crippen LogP contribution in [-0.2, 0) is 4.74 Å². The number of ether oxygens (including phenoxy) is 1. The zero-order valence-corrected chi connectivity index (χ0v) is 11.2. The van der Waals surface area contributed by atoms with E-state index >= 15 is 0 Å². The lowest BCUT2D eigenvalue weighted by Crippen LogP contribution is -2.30. The number of esters is 1. The van der Waals surface area contributed by atoms with Gasteiger partial charge in [-0.15, -0.1) is 0 Å². The van der Waals surface area contributed by atoms with E-state index in [0.717, 1.165) is 0 Å². The van der Waals surface area contributed by atoms with E-state index in [1.54, 1.807) is 19.9 Å². The van der Waals surface area contributed by atoms with Crippen LogP contribution in [0.5, 0.6) is 0 Å². The van der Waals surface area contributed by atoms with Gasteiger partial charge in [0.05, 0.1) is 29.7 Å². The number of carbonyl (C=O) groups is 1. The first kappa shape index (κ1) is 13.6. The first-order chi connectivity index (χ1) is 8.93. The molecule has 0 amide bonds. The summed E-state index contributed by atoms with van der Waals surface area (Å²) in [6, 6.07) is 1.62. The summed E-state index contributed by atoms with van der Waals surface area (Å²) in [5.41, 5.74) is 5.64. The van der Waals surface area contributed by atoms with Crippen LogP contribution in [0.15, 0.2) is 12.3 Å². The topological polar surface area (TPSA) is 88.7 Å². The average Bonchev–Trinajstić information content (AvgIpc) is 2.70. The van der Waals surface area contributed by atoms with Gasteiger partial charge in [-0.3, -0.25) is 0 Å². The van der Waals surface area contributed by atoms with E-state index in [0.29, 0.717) is 43.2 Å². The Morgan fingerprint density at radius 2 is 2.42 bits per heavy atom. The molecule has 6 nitrogen and oxygen atoms in total. The number of nitrogens with zero attached hydrogens (tertiary/aromatic N) is 2. The molecule has 3 N–H and O–H groups in total. The molecule has 1 aromatic rings. The smallest absolute Gasteiger partial charge is 0.340 e. The lowest BCUT2D eigenvalue weighted by atomic mass is 10.1. The van der Waals surface area contributed by atoms with Crippen LogP contribution < -0.4 is 10.6 Å². The zero-order chi connectivity index (χ0) is 14.0. The Balaban J connectivity index is 2.24. The number of nitrogens with two attached hydrogens (primary N) is 1. The standard InChI is InChI=1S/C13H19N3O3/c1-3-19-12(17)9-6-11(15-7-10(9)14)16-5-4-13(2,18)8-16/h6-7,18H,3-5,8,14H2,1-2H3. The first-order valence-corrected chi connectivity index (χ1v) is 6.33. The molecule has 0 radical (unpaired) electrons. The van der Waals surface area contributed by atoms with Gasteiger partial charge >= 0.3 is 5.97 Å². The molecule has 1 unspecified atom stereocenters. The minimum atomic E-state index is -0.715. The van der Waals surface area contributed by atoms with Gasteiger partial charge in [0.1, 0.15) is 5.82 Å². The highest BCUT2D eigenvalue weighted by atomic mass is 16.5. The summed E-state index contributed by atoms with van der Waals surface area (Å²) in [6.07, 6.45) is 2.13. The third kappa shape index (κ3) is 2.96. The molecule has 1 aliphatic heterocycles. The summed E-state index contributed by atoms with van der Waals surface area (Å²) in [5, 5.41) is 9.96. The van der Waals surface area contributed by atoms with Gasteiger partial charge in [0, 0.05) is 13.1 Å². The predicted octanol–water partition coefficient (Wildman–Crippen LogP) is 0.802. The fourth-order valence-electron chi connectivity index (χ4n) is 2.15. The lowest BCUT2D eigenvalue weighted by Gasteiger charge is -2.20. The highest BCUT2D eigenvalue weighted by molar-refractivity contribution is 5.95. The number of anilines is 2. The molecule has 6 heteroatoms. The maximum Gasteiger partial charge on any atom is 0.340 e. The van der Waals surface area contributed by atoms with E-state index in [1.165, 1.54) is 6.20 Å². The number of β-amino-alcohol motifs (C(OH)–C–C–N with tert-alkyl or cyclic N) is 1. The van der Waals surface area contributed by atoms with Crippen molar-refractivity contribution in [2.24, 2.45) is 0 Å². The number of hydrogen-bond donors (Lipinski definition) is 2. The van der Waals surface area contributed by atoms with Gasteiger partial charge in [0.25, 0.3) is 0 Å². The molecular weight excluding hydrogens is 246 g/mol. The molecule has 1 aliphatic rings. The molecule has 1 fully saturated rings. The quantitative estimate of drug-likeness (QED) is 0.786. The van der Waals surface area contributed by atoms with Crippen LogP contribution in [0, 0.1) is 0 Å². The number of aromatic nitrogens is 1. The van der Waals surface area contributed by atoms with Crippen molar-refractivity contribution < 1.29 is 14.6 Å². The fraction of sp³-hybridized carbons (Fsp3) is 0.538. The Labute approximate surface area is 112 Å². The van der Waals surface area contributed by atoms with E-state index in [9.17, 15) is 9.90 Å². The van der Waals surface area contributed by atoms with E-state index in [1.807, 2.05) is 4.90 Å². The highest BCUT2D eigenvalue weighted by Gasteiger charge is 2.32. The molecular formula is C13H19N3O3. The summed E-state index contributed by atoms with van der Waals surface area (Å²) in [7, 11) is 0. The van der Waals surface area contributed by atoms with E-state index < -0.39 is 11.6 Å². The van der Waals surface area contributed by atoms with E-state index in [4.69, 9.17) is 10.5 Å². The molecule has 1 aromatic heterocycles. The van der Waals surface area contributed by atoms with Gasteiger partial charge in [0.2, 0.25) is 0 Å². The minimum Gasteiger partial charge on any atom is -0.462 e. The molecule has 0 aromatic carbocycles. The normalized spacial score (nSPS) is 22.6. The summed E-state index contributed by atoms with van der Waals surface area (Å²) in [4.78, 5) is 17.9. The molecule has 0 aliphatic carbocycles. The number of carbonyl (C=O) groups excluding carboxylic acids is 1.